The van der Waals surface area contributed by atoms with Crippen LogP contribution in [0.25, 0.3) is 0 Å². The van der Waals surface area contributed by atoms with Crippen molar-refractivity contribution in [1.29, 1.82) is 0 Å². The zero-order chi connectivity index (χ0) is 13.5. The van der Waals surface area contributed by atoms with Crippen molar-refractivity contribution in [1.82, 2.24) is 5.32 Å². The Bertz CT molecular complexity index is 256. The first-order valence-electron chi connectivity index (χ1n) is 7.17. The predicted octanol–water partition coefficient (Wildman–Crippen LogP) is 1.68. The first kappa shape index (κ1) is 15.4. The molecule has 0 bridgehead atoms. The summed E-state index contributed by atoms with van der Waals surface area (Å²) < 4.78 is 5.84. The van der Waals surface area contributed by atoms with Crippen molar-refractivity contribution in [2.45, 2.75) is 58.6 Å². The first-order chi connectivity index (χ1) is 8.52. The van der Waals surface area contributed by atoms with E-state index in [0.717, 1.165) is 6.42 Å². The minimum absolute atomic E-state index is 0.0188. The second-order valence-electron chi connectivity index (χ2n) is 5.61. The average Bonchev–Trinajstić information content (AvgIpc) is 2.35. The molecular weight excluding hydrogens is 228 g/mol. The van der Waals surface area contributed by atoms with Gasteiger partial charge in [-0.2, -0.15) is 0 Å². The predicted molar refractivity (Wildman–Crippen MR) is 73.2 cm³/mol. The second-order valence-corrected chi connectivity index (χ2v) is 5.61. The third kappa shape index (κ3) is 4.94. The number of rotatable bonds is 6. The molecule has 106 valence electrons. The normalized spacial score (nSPS) is 27.6. The molecule has 1 fully saturated rings. The van der Waals surface area contributed by atoms with E-state index in [0.29, 0.717) is 25.2 Å². The smallest absolute Gasteiger partial charge is 0.224 e. The molecule has 1 aliphatic carbocycles. The van der Waals surface area contributed by atoms with Crippen molar-refractivity contribution in [3.63, 3.8) is 0 Å². The van der Waals surface area contributed by atoms with Crippen molar-refractivity contribution in [2.75, 3.05) is 13.2 Å². The Labute approximate surface area is 111 Å². The van der Waals surface area contributed by atoms with Crippen LogP contribution in [0.5, 0.6) is 0 Å². The number of carbonyl (C=O) groups excluding carboxylic acids is 1. The highest BCUT2D eigenvalue weighted by atomic mass is 16.5. The Balaban J connectivity index is 2.12. The SMILES string of the molecule is CC(N)C(C)C(=O)NCCOC1CCCCC1C. The van der Waals surface area contributed by atoms with Crippen LogP contribution in [0.15, 0.2) is 0 Å². The average molecular weight is 256 g/mol. The highest BCUT2D eigenvalue weighted by Crippen LogP contribution is 2.25. The molecule has 3 N–H and O–H groups in total. The van der Waals surface area contributed by atoms with Crippen molar-refractivity contribution in [3.05, 3.63) is 0 Å². The van der Waals surface area contributed by atoms with Gasteiger partial charge in [-0.3, -0.25) is 4.79 Å². The molecule has 1 amide bonds. The van der Waals surface area contributed by atoms with Gasteiger partial charge in [-0.05, 0) is 25.7 Å². The molecule has 4 atom stereocenters. The van der Waals surface area contributed by atoms with Crippen molar-refractivity contribution >= 4 is 5.91 Å². The molecule has 1 aliphatic rings. The molecule has 0 saturated heterocycles. The summed E-state index contributed by atoms with van der Waals surface area (Å²) in [5, 5.41) is 2.87. The summed E-state index contributed by atoms with van der Waals surface area (Å²) in [4.78, 5) is 11.7. The van der Waals surface area contributed by atoms with Crippen LogP contribution in [-0.2, 0) is 9.53 Å². The lowest BCUT2D eigenvalue weighted by Crippen LogP contribution is -2.40. The van der Waals surface area contributed by atoms with Gasteiger partial charge in [0.2, 0.25) is 5.91 Å². The molecule has 4 heteroatoms. The Morgan fingerprint density at radius 3 is 2.67 bits per heavy atom. The van der Waals surface area contributed by atoms with E-state index in [1.54, 1.807) is 0 Å². The van der Waals surface area contributed by atoms with Gasteiger partial charge in [0.15, 0.2) is 0 Å². The summed E-state index contributed by atoms with van der Waals surface area (Å²) in [7, 11) is 0. The lowest BCUT2D eigenvalue weighted by molar-refractivity contribution is -0.125. The maximum atomic E-state index is 11.7. The Hall–Kier alpha value is -0.610. The van der Waals surface area contributed by atoms with Gasteiger partial charge >= 0.3 is 0 Å². The lowest BCUT2D eigenvalue weighted by atomic mass is 9.88. The van der Waals surface area contributed by atoms with Gasteiger partial charge in [-0.1, -0.05) is 26.7 Å². The van der Waals surface area contributed by atoms with Gasteiger partial charge in [-0.15, -0.1) is 0 Å². The van der Waals surface area contributed by atoms with Crippen LogP contribution in [-0.4, -0.2) is 31.2 Å². The molecule has 0 radical (unpaired) electrons. The first-order valence-corrected chi connectivity index (χ1v) is 7.17. The van der Waals surface area contributed by atoms with Crippen LogP contribution in [0.1, 0.15) is 46.5 Å². The van der Waals surface area contributed by atoms with Gasteiger partial charge in [0.1, 0.15) is 0 Å². The fourth-order valence-corrected chi connectivity index (χ4v) is 2.31. The molecule has 4 unspecified atom stereocenters. The molecule has 0 aromatic carbocycles. The number of amides is 1. The lowest BCUT2D eigenvalue weighted by Gasteiger charge is -2.28. The largest absolute Gasteiger partial charge is 0.376 e. The van der Waals surface area contributed by atoms with Crippen LogP contribution < -0.4 is 11.1 Å². The number of nitrogens with one attached hydrogen (secondary N) is 1. The summed E-state index contributed by atoms with van der Waals surface area (Å²) >= 11 is 0. The molecule has 0 spiro atoms. The number of hydrogen-bond acceptors (Lipinski definition) is 3. The van der Waals surface area contributed by atoms with E-state index in [1.165, 1.54) is 19.3 Å². The number of ether oxygens (including phenoxy) is 1. The minimum atomic E-state index is -0.140. The Kier molecular flexibility index (Phi) is 6.65. The van der Waals surface area contributed by atoms with E-state index in [2.05, 4.69) is 12.2 Å². The summed E-state index contributed by atoms with van der Waals surface area (Å²) in [6.45, 7) is 7.14. The van der Waals surface area contributed by atoms with Gasteiger partial charge in [0.05, 0.1) is 12.7 Å². The number of carbonyl (C=O) groups is 1. The molecule has 0 aliphatic heterocycles. The molecule has 1 saturated carbocycles. The van der Waals surface area contributed by atoms with Crippen LogP contribution in [0.3, 0.4) is 0 Å². The molecule has 4 nitrogen and oxygen atoms in total. The van der Waals surface area contributed by atoms with Gasteiger partial charge in [-0.25, -0.2) is 0 Å². The molecule has 0 aromatic heterocycles. The minimum Gasteiger partial charge on any atom is -0.376 e. The maximum Gasteiger partial charge on any atom is 0.224 e. The van der Waals surface area contributed by atoms with Crippen LogP contribution in [0.4, 0.5) is 0 Å². The van der Waals surface area contributed by atoms with Crippen LogP contribution in [0, 0.1) is 11.8 Å². The van der Waals surface area contributed by atoms with Crippen molar-refractivity contribution in [2.24, 2.45) is 17.6 Å². The molecule has 1 rings (SSSR count). The van der Waals surface area contributed by atoms with Crippen LogP contribution in [0.2, 0.25) is 0 Å². The zero-order valence-corrected chi connectivity index (χ0v) is 11.9. The van der Waals surface area contributed by atoms with Gasteiger partial charge in [0, 0.05) is 18.5 Å². The Morgan fingerprint density at radius 2 is 2.06 bits per heavy atom. The topological polar surface area (TPSA) is 64.4 Å². The maximum absolute atomic E-state index is 11.7. The standard InChI is InChI=1S/C14H28N2O2/c1-10-6-4-5-7-13(10)18-9-8-16-14(17)11(2)12(3)15/h10-13H,4-9,15H2,1-3H3,(H,16,17). The third-order valence-corrected chi connectivity index (χ3v) is 3.97. The third-order valence-electron chi connectivity index (χ3n) is 3.97. The molecular formula is C14H28N2O2. The fourth-order valence-electron chi connectivity index (χ4n) is 2.31. The molecule has 0 aromatic rings. The van der Waals surface area contributed by atoms with E-state index >= 15 is 0 Å². The highest BCUT2D eigenvalue weighted by Gasteiger charge is 2.21. The zero-order valence-electron chi connectivity index (χ0n) is 11.9. The fraction of sp³-hybridized carbons (Fsp3) is 0.929. The van der Waals surface area contributed by atoms with Crippen molar-refractivity contribution in [3.8, 4) is 0 Å². The van der Waals surface area contributed by atoms with E-state index in [-0.39, 0.29) is 17.9 Å². The summed E-state index contributed by atoms with van der Waals surface area (Å²) in [5.74, 6) is 0.529. The summed E-state index contributed by atoms with van der Waals surface area (Å²) in [6.07, 6.45) is 5.39. The summed E-state index contributed by atoms with van der Waals surface area (Å²) in [6, 6.07) is -0.107. The van der Waals surface area contributed by atoms with Crippen LogP contribution >= 0.6 is 0 Å². The molecule has 0 heterocycles. The second kappa shape index (κ2) is 7.74. The van der Waals surface area contributed by atoms with E-state index in [4.69, 9.17) is 10.5 Å². The number of nitrogens with two attached hydrogens (primary N) is 1. The molecule has 18 heavy (non-hydrogen) atoms. The van der Waals surface area contributed by atoms with E-state index in [1.807, 2.05) is 13.8 Å². The van der Waals surface area contributed by atoms with E-state index in [9.17, 15) is 4.79 Å². The quantitative estimate of drug-likeness (QED) is 0.711. The highest BCUT2D eigenvalue weighted by molar-refractivity contribution is 5.78. The van der Waals surface area contributed by atoms with E-state index < -0.39 is 0 Å². The van der Waals surface area contributed by atoms with Gasteiger partial charge in [0.25, 0.3) is 0 Å². The number of hydrogen-bond donors (Lipinski definition) is 2. The van der Waals surface area contributed by atoms with Gasteiger partial charge < -0.3 is 15.8 Å². The summed E-state index contributed by atoms with van der Waals surface area (Å²) in [5.41, 5.74) is 5.68. The monoisotopic (exact) mass is 256 g/mol. The Morgan fingerprint density at radius 1 is 1.39 bits per heavy atom. The van der Waals surface area contributed by atoms with Crippen molar-refractivity contribution < 1.29 is 9.53 Å².